The molecule has 1 amide bonds. The number of hydrogen-bond donors (Lipinski definition) is 0. The quantitative estimate of drug-likeness (QED) is 0.757. The molecule has 0 spiro atoms. The van der Waals surface area contributed by atoms with Crippen molar-refractivity contribution in [3.8, 4) is 0 Å². The monoisotopic (exact) mass is 246 g/mol. The van der Waals surface area contributed by atoms with Gasteiger partial charge < -0.3 is 9.64 Å². The molecule has 0 aliphatic carbocycles. The summed E-state index contributed by atoms with van der Waals surface area (Å²) in [5.41, 5.74) is 0.530. The second kappa shape index (κ2) is 4.69. The van der Waals surface area contributed by atoms with E-state index >= 15 is 0 Å². The Kier molecular flexibility index (Phi) is 3.04. The Balaban J connectivity index is 1.70. The van der Waals surface area contributed by atoms with Gasteiger partial charge in [0.25, 0.3) is 5.91 Å². The van der Waals surface area contributed by atoms with Crippen LogP contribution in [0.15, 0.2) is 24.4 Å². The van der Waals surface area contributed by atoms with Gasteiger partial charge in [-0.3, -0.25) is 9.78 Å². The van der Waals surface area contributed by atoms with Crippen LogP contribution in [-0.2, 0) is 4.74 Å². The van der Waals surface area contributed by atoms with Gasteiger partial charge in [-0.2, -0.15) is 0 Å². The lowest BCUT2D eigenvalue weighted by atomic mass is 9.92. The first-order valence-electron chi connectivity index (χ1n) is 6.60. The SMILES string of the molecule is C[C@@H]1C[C@@H]2CCN(C(=O)c3ccccn3)C[C@H]2O1. The minimum atomic E-state index is 0.0252. The predicted octanol–water partition coefficient (Wildman–Crippen LogP) is 1.72. The topological polar surface area (TPSA) is 42.4 Å². The lowest BCUT2D eigenvalue weighted by molar-refractivity contribution is 0.00138. The lowest BCUT2D eigenvalue weighted by Gasteiger charge is -2.33. The van der Waals surface area contributed by atoms with Crippen LogP contribution in [0, 0.1) is 5.92 Å². The molecule has 3 heterocycles. The molecule has 3 atom stereocenters. The maximum atomic E-state index is 12.3. The van der Waals surface area contributed by atoms with Gasteiger partial charge in [-0.25, -0.2) is 0 Å². The van der Waals surface area contributed by atoms with Gasteiger partial charge in [0.2, 0.25) is 0 Å². The number of carbonyl (C=O) groups excluding carboxylic acids is 1. The van der Waals surface area contributed by atoms with Crippen LogP contribution in [-0.4, -0.2) is 41.1 Å². The molecule has 0 N–H and O–H groups in total. The standard InChI is InChI=1S/C14H18N2O2/c1-10-8-11-5-7-16(9-13(11)18-10)14(17)12-4-2-3-6-15-12/h2-4,6,10-11,13H,5,7-9H2,1H3/t10-,11+,13-/m1/s1. The minimum Gasteiger partial charge on any atom is -0.373 e. The fraction of sp³-hybridized carbons (Fsp3) is 0.571. The number of rotatable bonds is 1. The summed E-state index contributed by atoms with van der Waals surface area (Å²) in [6, 6.07) is 5.44. The molecule has 1 aromatic rings. The molecule has 3 rings (SSSR count). The molecule has 0 aromatic carbocycles. The molecule has 2 aliphatic heterocycles. The van der Waals surface area contributed by atoms with E-state index in [4.69, 9.17) is 4.74 Å². The third-order valence-corrected chi connectivity index (χ3v) is 3.91. The predicted molar refractivity (Wildman–Crippen MR) is 67.2 cm³/mol. The molecule has 96 valence electrons. The normalized spacial score (nSPS) is 31.2. The summed E-state index contributed by atoms with van der Waals surface area (Å²) >= 11 is 0. The molecule has 2 fully saturated rings. The largest absolute Gasteiger partial charge is 0.373 e. The van der Waals surface area contributed by atoms with E-state index in [1.807, 2.05) is 17.0 Å². The number of ether oxygens (including phenoxy) is 1. The van der Waals surface area contributed by atoms with Crippen molar-refractivity contribution in [2.45, 2.75) is 32.0 Å². The van der Waals surface area contributed by atoms with Gasteiger partial charge in [-0.05, 0) is 37.8 Å². The van der Waals surface area contributed by atoms with Gasteiger partial charge in [0.1, 0.15) is 5.69 Å². The van der Waals surface area contributed by atoms with Crippen LogP contribution in [0.2, 0.25) is 0 Å². The summed E-state index contributed by atoms with van der Waals surface area (Å²) < 4.78 is 5.87. The van der Waals surface area contributed by atoms with Crippen molar-refractivity contribution in [2.75, 3.05) is 13.1 Å². The molecule has 2 aliphatic rings. The molecule has 1 aromatic heterocycles. The highest BCUT2D eigenvalue weighted by atomic mass is 16.5. The van der Waals surface area contributed by atoms with Gasteiger partial charge in [0.15, 0.2) is 0 Å². The molecular weight excluding hydrogens is 228 g/mol. The lowest BCUT2D eigenvalue weighted by Crippen LogP contribution is -2.45. The molecule has 18 heavy (non-hydrogen) atoms. The first-order chi connectivity index (χ1) is 8.74. The highest BCUT2D eigenvalue weighted by Crippen LogP contribution is 2.33. The first kappa shape index (κ1) is 11.7. The van der Waals surface area contributed by atoms with Crippen LogP contribution in [0.5, 0.6) is 0 Å². The van der Waals surface area contributed by atoms with Crippen LogP contribution in [0.3, 0.4) is 0 Å². The first-order valence-corrected chi connectivity index (χ1v) is 6.60. The van der Waals surface area contributed by atoms with Gasteiger partial charge in [-0.1, -0.05) is 6.07 Å². The van der Waals surface area contributed by atoms with Crippen molar-refractivity contribution in [2.24, 2.45) is 5.92 Å². The van der Waals surface area contributed by atoms with Crippen LogP contribution in [0.4, 0.5) is 0 Å². The van der Waals surface area contributed by atoms with E-state index in [-0.39, 0.29) is 12.0 Å². The molecule has 0 radical (unpaired) electrons. The van der Waals surface area contributed by atoms with Crippen molar-refractivity contribution in [3.05, 3.63) is 30.1 Å². The minimum absolute atomic E-state index is 0.0252. The average Bonchev–Trinajstić information content (AvgIpc) is 2.78. The van der Waals surface area contributed by atoms with E-state index in [1.54, 1.807) is 12.3 Å². The molecular formula is C14H18N2O2. The van der Waals surface area contributed by atoms with Crippen molar-refractivity contribution >= 4 is 5.91 Å². The van der Waals surface area contributed by atoms with Gasteiger partial charge in [0.05, 0.1) is 12.2 Å². The number of hydrogen-bond acceptors (Lipinski definition) is 3. The van der Waals surface area contributed by atoms with Crippen molar-refractivity contribution in [1.29, 1.82) is 0 Å². The highest BCUT2D eigenvalue weighted by molar-refractivity contribution is 5.92. The number of carbonyl (C=O) groups is 1. The summed E-state index contributed by atoms with van der Waals surface area (Å²) in [6.45, 7) is 3.65. The molecule has 0 saturated carbocycles. The van der Waals surface area contributed by atoms with E-state index in [1.165, 1.54) is 0 Å². The van der Waals surface area contributed by atoms with Crippen molar-refractivity contribution in [1.82, 2.24) is 9.88 Å². The number of nitrogens with zero attached hydrogens (tertiary/aromatic N) is 2. The maximum absolute atomic E-state index is 12.3. The fourth-order valence-corrected chi connectivity index (χ4v) is 3.00. The van der Waals surface area contributed by atoms with E-state index < -0.39 is 0 Å². The van der Waals surface area contributed by atoms with Crippen molar-refractivity contribution < 1.29 is 9.53 Å². The van der Waals surface area contributed by atoms with E-state index in [2.05, 4.69) is 11.9 Å². The number of piperidine rings is 1. The zero-order chi connectivity index (χ0) is 12.5. The zero-order valence-corrected chi connectivity index (χ0v) is 10.6. The summed E-state index contributed by atoms with van der Waals surface area (Å²) in [7, 11) is 0. The summed E-state index contributed by atoms with van der Waals surface area (Å²) in [4.78, 5) is 18.3. The second-order valence-electron chi connectivity index (χ2n) is 5.24. The molecule has 2 saturated heterocycles. The number of fused-ring (bicyclic) bond motifs is 1. The van der Waals surface area contributed by atoms with Crippen LogP contribution >= 0.6 is 0 Å². The molecule has 4 heteroatoms. The van der Waals surface area contributed by atoms with Crippen molar-refractivity contribution in [3.63, 3.8) is 0 Å². The van der Waals surface area contributed by atoms with Gasteiger partial charge in [-0.15, -0.1) is 0 Å². The number of amides is 1. The van der Waals surface area contributed by atoms with Gasteiger partial charge >= 0.3 is 0 Å². The van der Waals surface area contributed by atoms with Crippen LogP contribution < -0.4 is 0 Å². The van der Waals surface area contributed by atoms with Crippen LogP contribution in [0.1, 0.15) is 30.3 Å². The molecule has 0 bridgehead atoms. The van der Waals surface area contributed by atoms with E-state index in [9.17, 15) is 4.79 Å². The van der Waals surface area contributed by atoms with E-state index in [0.29, 0.717) is 24.3 Å². The Morgan fingerprint density at radius 1 is 1.50 bits per heavy atom. The summed E-state index contributed by atoms with van der Waals surface area (Å²) in [6.07, 6.45) is 4.41. The Hall–Kier alpha value is -1.42. The van der Waals surface area contributed by atoms with E-state index in [0.717, 1.165) is 19.4 Å². The number of pyridine rings is 1. The Labute approximate surface area is 107 Å². The summed E-state index contributed by atoms with van der Waals surface area (Å²) in [5.74, 6) is 0.657. The Bertz CT molecular complexity index is 435. The smallest absolute Gasteiger partial charge is 0.272 e. The van der Waals surface area contributed by atoms with Crippen LogP contribution in [0.25, 0.3) is 0 Å². The summed E-state index contributed by atoms with van der Waals surface area (Å²) in [5, 5.41) is 0. The second-order valence-corrected chi connectivity index (χ2v) is 5.24. The number of aromatic nitrogens is 1. The maximum Gasteiger partial charge on any atom is 0.272 e. The third-order valence-electron chi connectivity index (χ3n) is 3.91. The Morgan fingerprint density at radius 3 is 3.17 bits per heavy atom. The van der Waals surface area contributed by atoms with Gasteiger partial charge in [0, 0.05) is 19.3 Å². The average molecular weight is 246 g/mol. The fourth-order valence-electron chi connectivity index (χ4n) is 3.00. The molecule has 4 nitrogen and oxygen atoms in total. The third kappa shape index (κ3) is 2.12. The molecule has 0 unspecified atom stereocenters. The zero-order valence-electron chi connectivity index (χ0n) is 10.6. The number of likely N-dealkylation sites (tertiary alicyclic amines) is 1. The Morgan fingerprint density at radius 2 is 2.39 bits per heavy atom. The highest BCUT2D eigenvalue weighted by Gasteiger charge is 2.38.